The molecule has 8 aliphatic rings. The monoisotopic (exact) mass is 1530 g/mol. The topological polar surface area (TPSA) is 275 Å². The summed E-state index contributed by atoms with van der Waals surface area (Å²) in [6, 6.07) is 59.5. The summed E-state index contributed by atoms with van der Waals surface area (Å²) in [5.74, 6) is 2.36. The van der Waals surface area contributed by atoms with Gasteiger partial charge in [0.1, 0.15) is 45.7 Å². The summed E-state index contributed by atoms with van der Waals surface area (Å²) in [5, 5.41) is 36.2. The van der Waals surface area contributed by atoms with Crippen LogP contribution in [-0.2, 0) is 20.6 Å². The van der Waals surface area contributed by atoms with E-state index in [-0.39, 0.29) is 17.5 Å². The fourth-order valence-corrected chi connectivity index (χ4v) is 15.9. The molecule has 0 radical (unpaired) electrons. The number of carbonyl (C=O) groups is 4. The summed E-state index contributed by atoms with van der Waals surface area (Å²) in [7, 11) is 1.37. The number of esters is 2. The van der Waals surface area contributed by atoms with Crippen LogP contribution in [0, 0.1) is 25.7 Å². The van der Waals surface area contributed by atoms with Crippen LogP contribution in [0.4, 0.5) is 11.4 Å². The first-order valence-corrected chi connectivity index (χ1v) is 38.9. The molecule has 4 aliphatic carbocycles. The lowest BCUT2D eigenvalue weighted by atomic mass is 9.75. The highest BCUT2D eigenvalue weighted by molar-refractivity contribution is 6.10. The van der Waals surface area contributed by atoms with Crippen molar-refractivity contribution in [2.24, 2.45) is 11.8 Å². The van der Waals surface area contributed by atoms with E-state index in [4.69, 9.17) is 50.1 Å². The minimum atomic E-state index is -0.983. The standard InChI is InChI=1S/C30H34O3.C28H28O3.C21H16N2O3.C20H14N2O3/c1-6-11-21-17-27-25(15-19(21)4)29(23-13-9-10-14-24(23)30(31)32-8-3)26-16-20(5)22(12-7-2)18-28(26)33-27;1-5-9-19-13-17(3)25-23(15-19)31-24-16-20(10-6-2)14-18(4)26(24)27(25)21-11-7-8-12-22(21)28(29)30;1-25-21(24)15-5-3-2-4-14(15)20-16-8-6-12(22)10-18(16)26-19-11-13(23)7-9-17(19)20;21-11-5-7-15-17(9-11)25-18-10-12(22)6-8-16(18)19(15)13-3-1-2-4-14(13)20(23)24/h9-11,13-18,22,25H,6-8,12H2,1-5H3;7-9,11-16H,5-6,10H2,1-4H3,(H,29,30);2-11,22H,23H2,1H3;1-10,21H,22H2,(H,23,24)/p+2/b21-11-;19-9+;;. The largest absolute Gasteiger partial charge is 0.478 e. The molecule has 8 aromatic carbocycles. The third kappa shape index (κ3) is 16.4. The Hall–Kier alpha value is -13.6. The molecule has 2 unspecified atom stereocenters. The molecule has 0 saturated carbocycles. The molecule has 16 rings (SSSR count). The Morgan fingerprint density at radius 3 is 1.63 bits per heavy atom. The van der Waals surface area contributed by atoms with Crippen molar-refractivity contribution in [2.45, 2.75) is 101 Å². The molecule has 0 aromatic heterocycles. The molecule has 0 fully saturated rings. The normalized spacial score (nSPS) is 15.0. The van der Waals surface area contributed by atoms with Gasteiger partial charge in [-0.1, -0.05) is 155 Å². The lowest BCUT2D eigenvalue weighted by Crippen LogP contribution is -2.44. The van der Waals surface area contributed by atoms with E-state index in [1.807, 2.05) is 104 Å². The number of carboxylic acids is 2. The number of aryl methyl sites for hydroxylation is 3. The molecule has 4 aliphatic heterocycles. The zero-order chi connectivity index (χ0) is 81.5. The highest BCUT2D eigenvalue weighted by atomic mass is 16.5. The maximum Gasteiger partial charge on any atom is 0.338 e. The Kier molecular flexibility index (Phi) is 23.9. The lowest BCUT2D eigenvalue weighted by Gasteiger charge is -2.36. The van der Waals surface area contributed by atoms with Gasteiger partial charge in [0.2, 0.25) is 0 Å². The Balaban J connectivity index is 0.000000134. The number of fused-ring (bicyclic) bond motifs is 8. The fraction of sp³-hybridized carbons (Fsp3) is 0.192. The van der Waals surface area contributed by atoms with Crippen LogP contribution in [0.15, 0.2) is 267 Å². The number of benzene rings is 10. The number of aromatic carboxylic acids is 2. The lowest BCUT2D eigenvalue weighted by molar-refractivity contribution is -0.173. The number of rotatable bonds is 15. The third-order valence-electron chi connectivity index (χ3n) is 21.0. The SMILES string of the molecule is CC/C=C1/C=C2OC3=CC(CCC)C(C)=CC3=C(c3ccccc3C(=O)OCC)C2C=C1C.CC/C=c1\cc(C)c2c(c1)Oc1cc(CCC)cc(C)c1C=2c1ccccc1C(=O)O.COC(=O)c1ccccc1-c1c2ccc(=[NH2+])cc-2oc2cc(N)ccc12.Nc1ccc2c(-c3ccccc3C(=O)O)c3ccc(=[NH2+])cc-3oc2c1. The summed E-state index contributed by atoms with van der Waals surface area (Å²) in [4.78, 5) is 49.0. The number of nitrogen functional groups attached to an aromatic ring is 2. The molecule has 0 saturated heterocycles. The van der Waals surface area contributed by atoms with Gasteiger partial charge in [0.05, 0.1) is 54.0 Å². The van der Waals surface area contributed by atoms with Crippen LogP contribution >= 0.6 is 0 Å². The van der Waals surface area contributed by atoms with Crippen molar-refractivity contribution in [3.05, 3.63) is 335 Å². The van der Waals surface area contributed by atoms with E-state index in [9.17, 15) is 29.4 Å². The van der Waals surface area contributed by atoms with Gasteiger partial charge in [-0.3, -0.25) is 10.8 Å². The second kappa shape index (κ2) is 34.6. The average Bonchev–Trinajstić information content (AvgIpc) is 0.738. The van der Waals surface area contributed by atoms with Crippen molar-refractivity contribution in [3.8, 4) is 56.4 Å². The third-order valence-corrected chi connectivity index (χ3v) is 21.0. The predicted molar refractivity (Wildman–Crippen MR) is 454 cm³/mol. The van der Waals surface area contributed by atoms with Gasteiger partial charge >= 0.3 is 23.9 Å². The zero-order valence-electron chi connectivity index (χ0n) is 66.3. The predicted octanol–water partition coefficient (Wildman–Crippen LogP) is 17.6. The van der Waals surface area contributed by atoms with Crippen molar-refractivity contribution in [3.63, 3.8) is 0 Å². The summed E-state index contributed by atoms with van der Waals surface area (Å²) in [6.07, 6.45) is 19.6. The molecule has 16 nitrogen and oxygen atoms in total. The van der Waals surface area contributed by atoms with Crippen LogP contribution in [0.25, 0.3) is 84.1 Å². The minimum absolute atomic E-state index is 0.0477. The van der Waals surface area contributed by atoms with E-state index >= 15 is 0 Å². The smallest absolute Gasteiger partial charge is 0.338 e. The fourth-order valence-electron chi connectivity index (χ4n) is 15.9. The quantitative estimate of drug-likeness (QED) is 0.0316. The van der Waals surface area contributed by atoms with Crippen molar-refractivity contribution >= 4 is 74.4 Å². The number of anilines is 2. The van der Waals surface area contributed by atoms with Gasteiger partial charge in [0, 0.05) is 96.5 Å². The van der Waals surface area contributed by atoms with Crippen LogP contribution in [-0.4, -0.2) is 47.8 Å². The van der Waals surface area contributed by atoms with Crippen molar-refractivity contribution in [1.82, 2.24) is 0 Å². The second-order valence-electron chi connectivity index (χ2n) is 29.0. The molecule has 0 bridgehead atoms. The Morgan fingerprint density at radius 2 is 1.07 bits per heavy atom. The number of hydrogen-bond acceptors (Lipinski definition) is 12. The minimum Gasteiger partial charge on any atom is -0.478 e. The Morgan fingerprint density at radius 1 is 0.522 bits per heavy atom. The van der Waals surface area contributed by atoms with E-state index in [0.29, 0.717) is 79.6 Å². The van der Waals surface area contributed by atoms with Crippen LogP contribution in [0.1, 0.15) is 155 Å². The van der Waals surface area contributed by atoms with Crippen LogP contribution in [0.2, 0.25) is 0 Å². The molecule has 4 heterocycles. The number of ether oxygens (including phenoxy) is 4. The number of methoxy groups -OCH3 is 1. The number of carbonyl (C=O) groups excluding carboxylic acids is 2. The van der Waals surface area contributed by atoms with Gasteiger partial charge in [-0.25, -0.2) is 19.2 Å². The second-order valence-corrected chi connectivity index (χ2v) is 29.0. The highest BCUT2D eigenvalue weighted by Gasteiger charge is 2.37. The van der Waals surface area contributed by atoms with Gasteiger partial charge in [0.25, 0.3) is 0 Å². The van der Waals surface area contributed by atoms with Crippen LogP contribution in [0.5, 0.6) is 11.5 Å². The first kappa shape index (κ1) is 79.5. The van der Waals surface area contributed by atoms with Gasteiger partial charge in [-0.2, -0.15) is 0 Å². The van der Waals surface area contributed by atoms with Gasteiger partial charge in [-0.05, 0) is 206 Å². The maximum atomic E-state index is 12.9. The van der Waals surface area contributed by atoms with Crippen molar-refractivity contribution < 1.29 is 68.0 Å². The van der Waals surface area contributed by atoms with Crippen LogP contribution in [0.3, 0.4) is 0 Å². The zero-order valence-corrected chi connectivity index (χ0v) is 66.3. The van der Waals surface area contributed by atoms with Crippen LogP contribution < -0.4 is 48.2 Å². The van der Waals surface area contributed by atoms with E-state index in [2.05, 4.69) is 116 Å². The first-order valence-electron chi connectivity index (χ1n) is 38.9. The highest BCUT2D eigenvalue weighted by Crippen LogP contribution is 2.51. The molecule has 16 heteroatoms. The molecule has 10 N–H and O–H groups in total. The van der Waals surface area contributed by atoms with E-state index in [0.717, 1.165) is 155 Å². The van der Waals surface area contributed by atoms with Gasteiger partial charge < -0.3 is 49.5 Å². The summed E-state index contributed by atoms with van der Waals surface area (Å²) in [5.41, 5.74) is 33.4. The molecular formula is C99H94N4O12+2. The number of nitrogens with two attached hydrogens (primary N) is 4. The van der Waals surface area contributed by atoms with Crippen molar-refractivity contribution in [1.29, 1.82) is 0 Å². The molecule has 580 valence electrons. The van der Waals surface area contributed by atoms with Gasteiger partial charge in [-0.15, -0.1) is 0 Å². The number of carboxylic acid groups (broad SMARTS) is 2. The number of hydrogen-bond donors (Lipinski definition) is 6. The molecule has 0 spiro atoms. The van der Waals surface area contributed by atoms with E-state index < -0.39 is 17.9 Å². The first-order chi connectivity index (χ1) is 55.5. The molecule has 115 heavy (non-hydrogen) atoms. The van der Waals surface area contributed by atoms with Gasteiger partial charge in [0.15, 0.2) is 10.7 Å². The Bertz CT molecular complexity index is 6300. The number of allylic oxidation sites excluding steroid dienone is 8. The molecule has 2 atom stereocenters. The van der Waals surface area contributed by atoms with Crippen molar-refractivity contribution in [2.75, 3.05) is 25.2 Å². The molecule has 8 aromatic rings. The molecule has 0 amide bonds. The average molecular weight is 1530 g/mol. The molecular weight excluding hydrogens is 1440 g/mol. The maximum absolute atomic E-state index is 12.9. The summed E-state index contributed by atoms with van der Waals surface area (Å²) >= 11 is 0. The van der Waals surface area contributed by atoms with E-state index in [1.54, 1.807) is 72.8 Å². The van der Waals surface area contributed by atoms with E-state index in [1.165, 1.54) is 29.4 Å². The Labute approximate surface area is 668 Å². The summed E-state index contributed by atoms with van der Waals surface area (Å²) < 4.78 is 35.4. The summed E-state index contributed by atoms with van der Waals surface area (Å²) in [6.45, 7) is 19.4.